The Labute approximate surface area is 101 Å². The molecule has 2 heterocycles. The smallest absolute Gasteiger partial charge is 0.240 e. The third-order valence-corrected chi connectivity index (χ3v) is 2.79. The Morgan fingerprint density at radius 3 is 2.94 bits per heavy atom. The molecule has 0 aliphatic carbocycles. The molecule has 0 spiro atoms. The minimum atomic E-state index is -0.118. The maximum atomic E-state index is 9.13. The molecule has 0 aromatic carbocycles. The predicted molar refractivity (Wildman–Crippen MR) is 60.4 cm³/mol. The van der Waals surface area contributed by atoms with Gasteiger partial charge in [0.05, 0.1) is 25.4 Å². The van der Waals surface area contributed by atoms with Crippen LogP contribution in [0.3, 0.4) is 0 Å². The largest absolute Gasteiger partial charge is 0.394 e. The molecule has 0 bridgehead atoms. The molecule has 2 unspecified atom stereocenters. The molecule has 2 rings (SSSR count). The second kappa shape index (κ2) is 5.57. The second-order valence-electron chi connectivity index (χ2n) is 4.40. The monoisotopic (exact) mass is 241 g/mol. The van der Waals surface area contributed by atoms with Crippen LogP contribution >= 0.6 is 0 Å². The van der Waals surface area contributed by atoms with E-state index in [1.54, 1.807) is 0 Å². The molecule has 1 N–H and O–H groups in total. The first kappa shape index (κ1) is 12.5. The number of aliphatic hydroxyl groups excluding tert-OH is 1. The third-order valence-electron chi connectivity index (χ3n) is 2.79. The second-order valence-corrected chi connectivity index (χ2v) is 4.40. The van der Waals surface area contributed by atoms with Gasteiger partial charge in [-0.3, -0.25) is 4.90 Å². The minimum absolute atomic E-state index is 0.0465. The van der Waals surface area contributed by atoms with Gasteiger partial charge in [-0.1, -0.05) is 12.1 Å². The quantitative estimate of drug-likeness (QED) is 0.812. The molecule has 0 amide bonds. The average molecular weight is 241 g/mol. The van der Waals surface area contributed by atoms with Crippen LogP contribution in [0.15, 0.2) is 4.52 Å². The summed E-state index contributed by atoms with van der Waals surface area (Å²) in [5.74, 6) is 1.37. The van der Waals surface area contributed by atoms with Gasteiger partial charge >= 0.3 is 0 Å². The summed E-state index contributed by atoms with van der Waals surface area (Å²) in [6.45, 7) is 6.18. The molecule has 1 aromatic rings. The zero-order chi connectivity index (χ0) is 12.3. The summed E-state index contributed by atoms with van der Waals surface area (Å²) in [6.07, 6.45) is 0.782. The number of hydrogen-bond acceptors (Lipinski definition) is 6. The number of ether oxygens (including phenoxy) is 1. The van der Waals surface area contributed by atoms with Gasteiger partial charge in [-0.05, 0) is 6.92 Å². The van der Waals surface area contributed by atoms with Crippen LogP contribution in [0.4, 0.5) is 0 Å². The Balaban J connectivity index is 1.93. The van der Waals surface area contributed by atoms with Crippen LogP contribution < -0.4 is 0 Å². The van der Waals surface area contributed by atoms with Gasteiger partial charge in [0.25, 0.3) is 0 Å². The fourth-order valence-electron chi connectivity index (χ4n) is 2.06. The highest BCUT2D eigenvalue weighted by Crippen LogP contribution is 2.13. The number of aliphatic hydroxyl groups is 1. The van der Waals surface area contributed by atoms with Crippen molar-refractivity contribution in [2.75, 3.05) is 19.7 Å². The number of nitrogens with zero attached hydrogens (tertiary/aromatic N) is 3. The summed E-state index contributed by atoms with van der Waals surface area (Å²) >= 11 is 0. The molecule has 1 aromatic heterocycles. The molecule has 1 aliphatic heterocycles. The maximum absolute atomic E-state index is 9.13. The molecule has 17 heavy (non-hydrogen) atoms. The average Bonchev–Trinajstić information content (AvgIpc) is 2.76. The van der Waals surface area contributed by atoms with E-state index < -0.39 is 0 Å². The number of hydrogen-bond donors (Lipinski definition) is 1. The molecule has 1 saturated heterocycles. The van der Waals surface area contributed by atoms with E-state index in [0.717, 1.165) is 18.8 Å². The van der Waals surface area contributed by atoms with E-state index in [-0.39, 0.29) is 18.8 Å². The van der Waals surface area contributed by atoms with Crippen LogP contribution in [0.25, 0.3) is 0 Å². The number of morpholine rings is 1. The Morgan fingerprint density at radius 2 is 2.29 bits per heavy atom. The highest BCUT2D eigenvalue weighted by Gasteiger charge is 2.25. The van der Waals surface area contributed by atoms with Gasteiger partial charge in [0.2, 0.25) is 5.89 Å². The SMILES string of the molecule is CCc1noc(CN2CC(C)OC(CO)C2)n1. The lowest BCUT2D eigenvalue weighted by atomic mass is 10.2. The molecule has 0 saturated carbocycles. The molecule has 96 valence electrons. The molecule has 1 fully saturated rings. The highest BCUT2D eigenvalue weighted by molar-refractivity contribution is 4.87. The maximum Gasteiger partial charge on any atom is 0.240 e. The van der Waals surface area contributed by atoms with Gasteiger partial charge in [-0.15, -0.1) is 0 Å². The number of aromatic nitrogens is 2. The van der Waals surface area contributed by atoms with Gasteiger partial charge in [-0.25, -0.2) is 0 Å². The standard InChI is InChI=1S/C11H19N3O3/c1-3-10-12-11(17-13-10)6-14-4-8(2)16-9(5-14)7-15/h8-9,15H,3-7H2,1-2H3. The fourth-order valence-corrected chi connectivity index (χ4v) is 2.06. The van der Waals surface area contributed by atoms with Crippen LogP contribution in [0.5, 0.6) is 0 Å². The van der Waals surface area contributed by atoms with Crippen molar-refractivity contribution in [3.05, 3.63) is 11.7 Å². The zero-order valence-electron chi connectivity index (χ0n) is 10.3. The van der Waals surface area contributed by atoms with E-state index >= 15 is 0 Å². The highest BCUT2D eigenvalue weighted by atomic mass is 16.5. The summed E-state index contributed by atoms with van der Waals surface area (Å²) in [5.41, 5.74) is 0. The molecule has 0 radical (unpaired) electrons. The van der Waals surface area contributed by atoms with Crippen molar-refractivity contribution in [3.63, 3.8) is 0 Å². The van der Waals surface area contributed by atoms with E-state index in [2.05, 4.69) is 15.0 Å². The molecule has 6 nitrogen and oxygen atoms in total. The van der Waals surface area contributed by atoms with Crippen molar-refractivity contribution < 1.29 is 14.4 Å². The van der Waals surface area contributed by atoms with Crippen molar-refractivity contribution in [1.29, 1.82) is 0 Å². The Morgan fingerprint density at radius 1 is 1.47 bits per heavy atom. The molecular weight excluding hydrogens is 222 g/mol. The summed E-state index contributed by atoms with van der Waals surface area (Å²) in [4.78, 5) is 6.44. The van der Waals surface area contributed by atoms with E-state index in [4.69, 9.17) is 14.4 Å². The van der Waals surface area contributed by atoms with Gasteiger partial charge in [0.15, 0.2) is 5.82 Å². The van der Waals surface area contributed by atoms with Crippen LogP contribution in [-0.4, -0.2) is 52.1 Å². The molecular formula is C11H19N3O3. The topological polar surface area (TPSA) is 71.6 Å². The van der Waals surface area contributed by atoms with Gasteiger partial charge < -0.3 is 14.4 Å². The van der Waals surface area contributed by atoms with Crippen molar-refractivity contribution in [3.8, 4) is 0 Å². The first-order valence-electron chi connectivity index (χ1n) is 6.01. The summed E-state index contributed by atoms with van der Waals surface area (Å²) in [7, 11) is 0. The Hall–Kier alpha value is -0.980. The lowest BCUT2D eigenvalue weighted by Gasteiger charge is -2.35. The Bertz CT molecular complexity index is 355. The summed E-state index contributed by atoms with van der Waals surface area (Å²) in [5, 5.41) is 13.0. The van der Waals surface area contributed by atoms with Crippen LogP contribution in [0, 0.1) is 0 Å². The molecule has 2 atom stereocenters. The van der Waals surface area contributed by atoms with E-state index in [0.29, 0.717) is 19.0 Å². The lowest BCUT2D eigenvalue weighted by molar-refractivity contribution is -0.0988. The zero-order valence-corrected chi connectivity index (χ0v) is 10.3. The van der Waals surface area contributed by atoms with E-state index in [9.17, 15) is 0 Å². The first-order valence-corrected chi connectivity index (χ1v) is 6.01. The van der Waals surface area contributed by atoms with E-state index in [1.807, 2.05) is 13.8 Å². The van der Waals surface area contributed by atoms with Crippen molar-refractivity contribution in [1.82, 2.24) is 15.0 Å². The molecule has 6 heteroatoms. The lowest BCUT2D eigenvalue weighted by Crippen LogP contribution is -2.47. The fraction of sp³-hybridized carbons (Fsp3) is 0.818. The van der Waals surface area contributed by atoms with Gasteiger partial charge in [0.1, 0.15) is 0 Å². The summed E-state index contributed by atoms with van der Waals surface area (Å²) < 4.78 is 10.7. The van der Waals surface area contributed by atoms with Crippen molar-refractivity contribution in [2.24, 2.45) is 0 Å². The number of rotatable bonds is 4. The van der Waals surface area contributed by atoms with Gasteiger partial charge in [-0.2, -0.15) is 4.98 Å². The van der Waals surface area contributed by atoms with E-state index in [1.165, 1.54) is 0 Å². The Kier molecular flexibility index (Phi) is 4.09. The first-order chi connectivity index (χ1) is 8.21. The molecule has 1 aliphatic rings. The van der Waals surface area contributed by atoms with Crippen molar-refractivity contribution in [2.45, 2.75) is 39.0 Å². The van der Waals surface area contributed by atoms with Gasteiger partial charge in [0, 0.05) is 19.5 Å². The van der Waals surface area contributed by atoms with Crippen molar-refractivity contribution >= 4 is 0 Å². The normalized spacial score (nSPS) is 26.3. The summed E-state index contributed by atoms with van der Waals surface area (Å²) in [6, 6.07) is 0. The van der Waals surface area contributed by atoms with Crippen LogP contribution in [-0.2, 0) is 17.7 Å². The van der Waals surface area contributed by atoms with Crippen LogP contribution in [0.2, 0.25) is 0 Å². The minimum Gasteiger partial charge on any atom is -0.394 e. The predicted octanol–water partition coefficient (Wildman–Crippen LogP) is 0.214. The number of aryl methyl sites for hydroxylation is 1. The van der Waals surface area contributed by atoms with Crippen LogP contribution in [0.1, 0.15) is 25.6 Å². The third kappa shape index (κ3) is 3.24.